The summed E-state index contributed by atoms with van der Waals surface area (Å²) >= 11 is 0. The molecule has 0 spiro atoms. The van der Waals surface area contributed by atoms with Crippen molar-refractivity contribution in [2.45, 2.75) is 26.8 Å². The third kappa shape index (κ3) is 3.90. The number of rotatable bonds is 5. The molecular formula is C21H20N8O. The highest BCUT2D eigenvalue weighted by molar-refractivity contribution is 6.03. The van der Waals surface area contributed by atoms with Crippen molar-refractivity contribution in [3.8, 4) is 22.6 Å². The minimum atomic E-state index is -0.349. The Morgan fingerprint density at radius 3 is 2.70 bits per heavy atom. The Balaban J connectivity index is 1.60. The first-order valence-electron chi connectivity index (χ1n) is 9.46. The SMILES string of the molecule is Cc1cnc(C(=O)Nc2cccc(-c3nnnn3C(C)C)n2)cc1-c1ccncc1. The van der Waals surface area contributed by atoms with Gasteiger partial charge in [-0.3, -0.25) is 14.8 Å². The molecule has 0 aliphatic rings. The van der Waals surface area contributed by atoms with Crippen LogP contribution < -0.4 is 5.32 Å². The van der Waals surface area contributed by atoms with Crippen molar-refractivity contribution < 1.29 is 4.79 Å². The molecule has 0 aliphatic heterocycles. The van der Waals surface area contributed by atoms with E-state index >= 15 is 0 Å². The molecule has 4 rings (SSSR count). The van der Waals surface area contributed by atoms with Gasteiger partial charge in [0.1, 0.15) is 17.2 Å². The summed E-state index contributed by atoms with van der Waals surface area (Å²) in [6.45, 7) is 5.91. The van der Waals surface area contributed by atoms with Crippen molar-refractivity contribution in [1.29, 1.82) is 0 Å². The van der Waals surface area contributed by atoms with Crippen molar-refractivity contribution in [1.82, 2.24) is 35.2 Å². The quantitative estimate of drug-likeness (QED) is 0.547. The number of carbonyl (C=O) groups is 1. The van der Waals surface area contributed by atoms with Crippen LogP contribution in [-0.2, 0) is 0 Å². The monoisotopic (exact) mass is 400 g/mol. The topological polar surface area (TPSA) is 111 Å². The molecular weight excluding hydrogens is 380 g/mol. The maximum atomic E-state index is 12.8. The molecule has 150 valence electrons. The van der Waals surface area contributed by atoms with Gasteiger partial charge in [0, 0.05) is 18.6 Å². The fourth-order valence-electron chi connectivity index (χ4n) is 3.01. The minimum absolute atomic E-state index is 0.0819. The van der Waals surface area contributed by atoms with Crippen LogP contribution in [0.4, 0.5) is 5.82 Å². The second-order valence-electron chi connectivity index (χ2n) is 7.02. The van der Waals surface area contributed by atoms with E-state index in [1.807, 2.05) is 32.9 Å². The van der Waals surface area contributed by atoms with E-state index in [1.54, 1.807) is 47.5 Å². The van der Waals surface area contributed by atoms with Gasteiger partial charge in [-0.05, 0) is 78.2 Å². The minimum Gasteiger partial charge on any atom is -0.305 e. The number of aryl methyl sites for hydroxylation is 1. The summed E-state index contributed by atoms with van der Waals surface area (Å²) in [5.41, 5.74) is 3.74. The van der Waals surface area contributed by atoms with Crippen molar-refractivity contribution >= 4 is 11.7 Å². The zero-order valence-corrected chi connectivity index (χ0v) is 16.8. The predicted molar refractivity (Wildman–Crippen MR) is 112 cm³/mol. The van der Waals surface area contributed by atoms with Crippen molar-refractivity contribution in [2.75, 3.05) is 5.32 Å². The molecule has 0 bridgehead atoms. The number of nitrogens with zero attached hydrogens (tertiary/aromatic N) is 7. The van der Waals surface area contributed by atoms with Crippen molar-refractivity contribution in [3.05, 3.63) is 66.2 Å². The van der Waals surface area contributed by atoms with Gasteiger partial charge in [-0.1, -0.05) is 6.07 Å². The van der Waals surface area contributed by atoms with Gasteiger partial charge in [-0.2, -0.15) is 0 Å². The third-order valence-corrected chi connectivity index (χ3v) is 4.53. The molecule has 0 unspecified atom stereocenters. The van der Waals surface area contributed by atoms with Gasteiger partial charge < -0.3 is 5.32 Å². The second-order valence-corrected chi connectivity index (χ2v) is 7.02. The standard InChI is InChI=1S/C21H20N8O/c1-13(2)29-20(26-27-28-29)17-5-4-6-19(24-17)25-21(30)18-11-16(14(3)12-23-18)15-7-9-22-10-8-15/h4-13H,1-3H3,(H,24,25,30). The van der Waals surface area contributed by atoms with E-state index in [2.05, 4.69) is 35.8 Å². The lowest BCUT2D eigenvalue weighted by molar-refractivity contribution is 0.102. The third-order valence-electron chi connectivity index (χ3n) is 4.53. The fraction of sp³-hybridized carbons (Fsp3) is 0.190. The highest BCUT2D eigenvalue weighted by atomic mass is 16.1. The first-order chi connectivity index (χ1) is 14.5. The van der Waals surface area contributed by atoms with Crippen LogP contribution in [0.5, 0.6) is 0 Å². The first-order valence-corrected chi connectivity index (χ1v) is 9.46. The van der Waals surface area contributed by atoms with Crippen LogP contribution in [0.15, 0.2) is 55.0 Å². The first kappa shape index (κ1) is 19.3. The number of tetrazole rings is 1. The van der Waals surface area contributed by atoms with Crippen LogP contribution in [0.2, 0.25) is 0 Å². The molecule has 4 aromatic rings. The van der Waals surface area contributed by atoms with Crippen LogP contribution in [0.3, 0.4) is 0 Å². The molecule has 0 aromatic carbocycles. The van der Waals surface area contributed by atoms with Gasteiger partial charge >= 0.3 is 0 Å². The van der Waals surface area contributed by atoms with Crippen LogP contribution >= 0.6 is 0 Å². The molecule has 0 atom stereocenters. The summed E-state index contributed by atoms with van der Waals surface area (Å²) < 4.78 is 1.68. The van der Waals surface area contributed by atoms with E-state index in [4.69, 9.17) is 0 Å². The number of carbonyl (C=O) groups excluding carboxylic acids is 1. The van der Waals surface area contributed by atoms with E-state index in [9.17, 15) is 4.79 Å². The summed E-state index contributed by atoms with van der Waals surface area (Å²) in [5, 5.41) is 14.6. The number of aromatic nitrogens is 7. The molecule has 0 saturated carbocycles. The normalized spacial score (nSPS) is 10.9. The Hall–Kier alpha value is -4.01. The molecule has 1 amide bonds. The van der Waals surface area contributed by atoms with Gasteiger partial charge in [-0.25, -0.2) is 9.67 Å². The molecule has 9 nitrogen and oxygen atoms in total. The Morgan fingerprint density at radius 2 is 1.93 bits per heavy atom. The number of hydrogen-bond acceptors (Lipinski definition) is 7. The smallest absolute Gasteiger partial charge is 0.275 e. The summed E-state index contributed by atoms with van der Waals surface area (Å²) in [5.74, 6) is 0.580. The number of anilines is 1. The van der Waals surface area contributed by atoms with Crippen LogP contribution in [0.25, 0.3) is 22.6 Å². The van der Waals surface area contributed by atoms with Crippen LogP contribution in [-0.4, -0.2) is 41.1 Å². The molecule has 4 heterocycles. The van der Waals surface area contributed by atoms with Gasteiger partial charge in [0.15, 0.2) is 0 Å². The highest BCUT2D eigenvalue weighted by Crippen LogP contribution is 2.23. The number of pyridine rings is 3. The van der Waals surface area contributed by atoms with Gasteiger partial charge in [-0.15, -0.1) is 5.10 Å². The second kappa shape index (κ2) is 8.16. The Labute approximate surface area is 173 Å². The van der Waals surface area contributed by atoms with Crippen LogP contribution in [0, 0.1) is 6.92 Å². The molecule has 0 fully saturated rings. The lowest BCUT2D eigenvalue weighted by Gasteiger charge is -2.10. The average molecular weight is 400 g/mol. The number of amides is 1. The molecule has 30 heavy (non-hydrogen) atoms. The molecule has 0 radical (unpaired) electrons. The van der Waals surface area contributed by atoms with Gasteiger partial charge in [0.25, 0.3) is 5.91 Å². The molecule has 0 saturated heterocycles. The largest absolute Gasteiger partial charge is 0.305 e. The Morgan fingerprint density at radius 1 is 1.13 bits per heavy atom. The maximum Gasteiger partial charge on any atom is 0.275 e. The predicted octanol–water partition coefficient (Wildman–Crippen LogP) is 3.33. The molecule has 1 N–H and O–H groups in total. The van der Waals surface area contributed by atoms with Gasteiger partial charge in [0.2, 0.25) is 5.82 Å². The van der Waals surface area contributed by atoms with Crippen molar-refractivity contribution in [3.63, 3.8) is 0 Å². The molecule has 9 heteroatoms. The van der Waals surface area contributed by atoms with E-state index < -0.39 is 0 Å². The summed E-state index contributed by atoms with van der Waals surface area (Å²) in [4.78, 5) is 25.6. The van der Waals surface area contributed by atoms with Crippen molar-refractivity contribution in [2.24, 2.45) is 0 Å². The lowest BCUT2D eigenvalue weighted by atomic mass is 10.0. The number of hydrogen-bond donors (Lipinski definition) is 1. The average Bonchev–Trinajstić information content (AvgIpc) is 3.25. The highest BCUT2D eigenvalue weighted by Gasteiger charge is 2.15. The van der Waals surface area contributed by atoms with E-state index in [0.29, 0.717) is 23.0 Å². The van der Waals surface area contributed by atoms with E-state index in [-0.39, 0.29) is 11.9 Å². The maximum absolute atomic E-state index is 12.8. The number of nitrogens with one attached hydrogen (secondary N) is 1. The summed E-state index contributed by atoms with van der Waals surface area (Å²) in [7, 11) is 0. The zero-order chi connectivity index (χ0) is 21.1. The Kier molecular flexibility index (Phi) is 5.25. The van der Waals surface area contributed by atoms with E-state index in [0.717, 1.165) is 16.7 Å². The lowest BCUT2D eigenvalue weighted by Crippen LogP contribution is -2.15. The van der Waals surface area contributed by atoms with Gasteiger partial charge in [0.05, 0.1) is 6.04 Å². The molecule has 0 aliphatic carbocycles. The summed E-state index contributed by atoms with van der Waals surface area (Å²) in [6.07, 6.45) is 5.12. The van der Waals surface area contributed by atoms with Crippen LogP contribution in [0.1, 0.15) is 35.9 Å². The van der Waals surface area contributed by atoms with E-state index in [1.165, 1.54) is 0 Å². The summed E-state index contributed by atoms with van der Waals surface area (Å²) in [6, 6.07) is 10.9. The zero-order valence-electron chi connectivity index (χ0n) is 16.8. The Bertz CT molecular complexity index is 1190. The fourth-order valence-corrected chi connectivity index (χ4v) is 3.01. The molecule has 4 aromatic heterocycles.